The topological polar surface area (TPSA) is 66.8 Å². The van der Waals surface area contributed by atoms with Crippen molar-refractivity contribution >= 4 is 18.9 Å². The van der Waals surface area contributed by atoms with Gasteiger partial charge in [0.15, 0.2) is 0 Å². The van der Waals surface area contributed by atoms with Crippen LogP contribution in [0.4, 0.5) is 0 Å². The molecule has 0 spiro atoms. The average molecular weight is 286 g/mol. The summed E-state index contributed by atoms with van der Waals surface area (Å²) in [6.45, 7) is 4.39. The van der Waals surface area contributed by atoms with Gasteiger partial charge in [0, 0.05) is 5.56 Å². The minimum Gasteiger partial charge on any atom is -0.489 e. The molecule has 21 heavy (non-hydrogen) atoms. The fraction of sp³-hybridized carbons (Fsp3) is 0.188. The molecule has 0 bridgehead atoms. The lowest BCUT2D eigenvalue weighted by atomic mass is 9.77. The van der Waals surface area contributed by atoms with Crippen LogP contribution < -0.4 is 10.2 Å². The van der Waals surface area contributed by atoms with Crippen molar-refractivity contribution in [2.45, 2.75) is 20.5 Å². The van der Waals surface area contributed by atoms with Crippen LogP contribution in [0.15, 0.2) is 48.5 Å². The molecule has 110 valence electrons. The summed E-state index contributed by atoms with van der Waals surface area (Å²) in [5.41, 5.74) is 1.39. The molecule has 2 aromatic carbocycles. The lowest BCUT2D eigenvalue weighted by molar-refractivity contribution is 0.112. The highest BCUT2D eigenvalue weighted by Crippen LogP contribution is 2.13. The molecule has 0 unspecified atom stereocenters. The van der Waals surface area contributed by atoms with Gasteiger partial charge >= 0.3 is 7.12 Å². The van der Waals surface area contributed by atoms with Crippen LogP contribution in [0.25, 0.3) is 0 Å². The van der Waals surface area contributed by atoms with Crippen LogP contribution in [-0.2, 0) is 6.61 Å². The second-order valence-electron chi connectivity index (χ2n) is 4.06. The molecule has 5 heteroatoms. The van der Waals surface area contributed by atoms with Crippen molar-refractivity contribution in [3.63, 3.8) is 0 Å². The van der Waals surface area contributed by atoms with Crippen LogP contribution in [0.3, 0.4) is 0 Å². The summed E-state index contributed by atoms with van der Waals surface area (Å²) in [7, 11) is -1.66. The third kappa shape index (κ3) is 5.06. The number of hydrogen-bond donors (Lipinski definition) is 2. The maximum Gasteiger partial charge on any atom is 0.489 e. The van der Waals surface area contributed by atoms with Crippen molar-refractivity contribution < 1.29 is 19.6 Å². The molecule has 0 aromatic heterocycles. The summed E-state index contributed by atoms with van der Waals surface area (Å²) in [6, 6.07) is 14.2. The van der Waals surface area contributed by atoms with Crippen molar-refractivity contribution in [3.8, 4) is 5.75 Å². The molecular weight excluding hydrogens is 267 g/mol. The average Bonchev–Trinajstić information content (AvgIpc) is 2.55. The Morgan fingerprint density at radius 2 is 1.76 bits per heavy atom. The highest BCUT2D eigenvalue weighted by Gasteiger charge is 2.16. The smallest absolute Gasteiger partial charge is 0.489 e. The zero-order valence-corrected chi connectivity index (χ0v) is 12.2. The highest BCUT2D eigenvalue weighted by atomic mass is 16.5. The summed E-state index contributed by atoms with van der Waals surface area (Å²) >= 11 is 0. The minimum absolute atomic E-state index is 0.169. The predicted octanol–water partition coefficient (Wildman–Crippen LogP) is 1.78. The molecule has 0 heterocycles. The molecule has 2 rings (SSSR count). The maximum atomic E-state index is 10.9. The Labute approximate surface area is 125 Å². The van der Waals surface area contributed by atoms with Gasteiger partial charge in [-0.15, -0.1) is 0 Å². The van der Waals surface area contributed by atoms with E-state index in [1.165, 1.54) is 12.1 Å². The molecule has 0 fully saturated rings. The molecule has 2 N–H and O–H groups in total. The van der Waals surface area contributed by atoms with Gasteiger partial charge in [-0.25, -0.2) is 0 Å². The standard InChI is InChI=1S/C14H13BO4.C2H6/c16-9-12-8-13(6-7-14(12)15(17)18)19-10-11-4-2-1-3-5-11;1-2/h1-9,17-18H,10H2;1-2H3. The summed E-state index contributed by atoms with van der Waals surface area (Å²) in [5.74, 6) is 0.510. The van der Waals surface area contributed by atoms with Crippen LogP contribution >= 0.6 is 0 Å². The van der Waals surface area contributed by atoms with Gasteiger partial charge in [-0.05, 0) is 23.2 Å². The molecule has 0 saturated heterocycles. The Morgan fingerprint density at radius 1 is 1.10 bits per heavy atom. The monoisotopic (exact) mass is 286 g/mol. The van der Waals surface area contributed by atoms with Crippen LogP contribution in [-0.4, -0.2) is 23.5 Å². The molecule has 0 amide bonds. The molecule has 2 aromatic rings. The Kier molecular flexibility index (Phi) is 7.22. The van der Waals surface area contributed by atoms with E-state index in [4.69, 9.17) is 14.8 Å². The quantitative estimate of drug-likeness (QED) is 0.649. The number of carbonyl (C=O) groups excluding carboxylic acids is 1. The van der Waals surface area contributed by atoms with Crippen molar-refractivity contribution in [1.29, 1.82) is 0 Å². The van der Waals surface area contributed by atoms with Crippen LogP contribution in [0.2, 0.25) is 0 Å². The van der Waals surface area contributed by atoms with E-state index in [1.807, 2.05) is 44.2 Å². The molecule has 0 atom stereocenters. The first-order chi connectivity index (χ1) is 10.2. The van der Waals surface area contributed by atoms with Crippen molar-refractivity contribution in [1.82, 2.24) is 0 Å². The number of benzene rings is 2. The molecule has 0 aliphatic heterocycles. The Morgan fingerprint density at radius 3 is 2.33 bits per heavy atom. The van der Waals surface area contributed by atoms with Crippen molar-refractivity contribution in [2.75, 3.05) is 0 Å². The number of aldehydes is 1. The molecule has 0 aliphatic rings. The van der Waals surface area contributed by atoms with E-state index < -0.39 is 7.12 Å². The summed E-state index contributed by atoms with van der Waals surface area (Å²) in [6.07, 6.45) is 0.574. The van der Waals surface area contributed by atoms with Gasteiger partial charge in [-0.3, -0.25) is 4.79 Å². The summed E-state index contributed by atoms with van der Waals surface area (Å²) in [4.78, 5) is 10.9. The van der Waals surface area contributed by atoms with Gasteiger partial charge in [-0.2, -0.15) is 0 Å². The van der Waals surface area contributed by atoms with Gasteiger partial charge < -0.3 is 14.8 Å². The Balaban J connectivity index is 0.00000106. The Hall–Kier alpha value is -2.11. The van der Waals surface area contributed by atoms with Crippen LogP contribution in [0.5, 0.6) is 5.75 Å². The normalized spacial score (nSPS) is 9.33. The van der Waals surface area contributed by atoms with E-state index in [-0.39, 0.29) is 11.0 Å². The van der Waals surface area contributed by atoms with Crippen molar-refractivity contribution in [3.05, 3.63) is 59.7 Å². The van der Waals surface area contributed by atoms with E-state index in [1.54, 1.807) is 6.07 Å². The molecule has 0 radical (unpaired) electrons. The van der Waals surface area contributed by atoms with E-state index in [0.717, 1.165) is 5.56 Å². The van der Waals surface area contributed by atoms with Gasteiger partial charge in [0.1, 0.15) is 18.6 Å². The van der Waals surface area contributed by atoms with Gasteiger partial charge in [0.2, 0.25) is 0 Å². The Bertz CT molecular complexity index is 555. The number of rotatable bonds is 5. The molecule has 4 nitrogen and oxygen atoms in total. The van der Waals surface area contributed by atoms with E-state index in [0.29, 0.717) is 18.6 Å². The lowest BCUT2D eigenvalue weighted by Gasteiger charge is -2.09. The molecule has 0 saturated carbocycles. The first-order valence-corrected chi connectivity index (χ1v) is 6.82. The zero-order chi connectivity index (χ0) is 15.7. The SMILES string of the molecule is CC.O=Cc1cc(OCc2ccccc2)ccc1B(O)O. The van der Waals surface area contributed by atoms with Gasteiger partial charge in [-0.1, -0.05) is 50.2 Å². The van der Waals surface area contributed by atoms with E-state index in [9.17, 15) is 4.79 Å². The van der Waals surface area contributed by atoms with Gasteiger partial charge in [0.05, 0.1) is 0 Å². The number of ether oxygens (including phenoxy) is 1. The van der Waals surface area contributed by atoms with Crippen LogP contribution in [0, 0.1) is 0 Å². The zero-order valence-electron chi connectivity index (χ0n) is 12.2. The fourth-order valence-corrected chi connectivity index (χ4v) is 1.72. The second kappa shape index (κ2) is 8.95. The number of hydrogen-bond acceptors (Lipinski definition) is 4. The second-order valence-corrected chi connectivity index (χ2v) is 4.06. The third-order valence-corrected chi connectivity index (χ3v) is 2.71. The molecular formula is C16H19BO4. The first-order valence-electron chi connectivity index (χ1n) is 6.82. The third-order valence-electron chi connectivity index (χ3n) is 2.71. The summed E-state index contributed by atoms with van der Waals surface area (Å²) in [5, 5.41) is 18.2. The maximum absolute atomic E-state index is 10.9. The highest BCUT2D eigenvalue weighted by molar-refractivity contribution is 6.60. The fourth-order valence-electron chi connectivity index (χ4n) is 1.72. The lowest BCUT2D eigenvalue weighted by Crippen LogP contribution is -2.32. The van der Waals surface area contributed by atoms with E-state index in [2.05, 4.69) is 0 Å². The summed E-state index contributed by atoms with van der Waals surface area (Å²) < 4.78 is 5.55. The van der Waals surface area contributed by atoms with Crippen LogP contribution in [0.1, 0.15) is 29.8 Å². The minimum atomic E-state index is -1.66. The van der Waals surface area contributed by atoms with Gasteiger partial charge in [0.25, 0.3) is 0 Å². The largest absolute Gasteiger partial charge is 0.489 e. The van der Waals surface area contributed by atoms with E-state index >= 15 is 0 Å². The van der Waals surface area contributed by atoms with Crippen molar-refractivity contribution in [2.24, 2.45) is 0 Å². The first kappa shape index (κ1) is 16.9. The predicted molar refractivity (Wildman–Crippen MR) is 83.8 cm³/mol. The number of carbonyl (C=O) groups is 1. The molecule has 0 aliphatic carbocycles.